The van der Waals surface area contributed by atoms with E-state index in [0.29, 0.717) is 25.2 Å². The fourth-order valence-corrected chi connectivity index (χ4v) is 4.31. The lowest BCUT2D eigenvalue weighted by Crippen LogP contribution is -2.48. The summed E-state index contributed by atoms with van der Waals surface area (Å²) in [4.78, 5) is 0. The number of hydrogen-bond acceptors (Lipinski definition) is 5. The van der Waals surface area contributed by atoms with Crippen LogP contribution in [0, 0.1) is 6.92 Å². The largest absolute Gasteiger partial charge is 0.373 e. The van der Waals surface area contributed by atoms with Crippen molar-refractivity contribution in [3.05, 3.63) is 11.3 Å². The van der Waals surface area contributed by atoms with Gasteiger partial charge in [0.1, 0.15) is 0 Å². The molecule has 0 radical (unpaired) electrons. The van der Waals surface area contributed by atoms with E-state index in [-0.39, 0.29) is 17.2 Å². The minimum atomic E-state index is -3.60. The van der Waals surface area contributed by atoms with E-state index in [1.54, 1.807) is 0 Å². The number of rotatable bonds is 5. The van der Waals surface area contributed by atoms with Crippen molar-refractivity contribution in [1.29, 1.82) is 0 Å². The number of sulfonamides is 1. The first kappa shape index (κ1) is 16.4. The molecule has 2 atom stereocenters. The Bertz CT molecular complexity index is 574. The van der Waals surface area contributed by atoms with Crippen molar-refractivity contribution in [3.63, 3.8) is 0 Å². The normalized spacial score (nSPS) is 24.4. The second-order valence-electron chi connectivity index (χ2n) is 5.49. The molecule has 8 heteroatoms. The van der Waals surface area contributed by atoms with Crippen LogP contribution in [0.4, 0.5) is 0 Å². The molecule has 1 aliphatic heterocycles. The van der Waals surface area contributed by atoms with Crippen molar-refractivity contribution in [2.75, 3.05) is 19.6 Å². The smallest absolute Gasteiger partial charge is 0.262 e. The van der Waals surface area contributed by atoms with Crippen LogP contribution in [0.25, 0.3) is 0 Å². The highest BCUT2D eigenvalue weighted by molar-refractivity contribution is 7.89. The summed E-state index contributed by atoms with van der Waals surface area (Å²) in [6.07, 6.45) is -0.221. The minimum absolute atomic E-state index is 0.110. The van der Waals surface area contributed by atoms with Gasteiger partial charge < -0.3 is 10.1 Å². The van der Waals surface area contributed by atoms with E-state index in [1.807, 2.05) is 27.7 Å². The topological polar surface area (TPSA) is 87.3 Å². The van der Waals surface area contributed by atoms with Gasteiger partial charge in [0.05, 0.1) is 12.2 Å². The SMILES string of the molecule is CCNCc1c(S(=O)(=O)N2C[C@@H](C)O[C@@H](C)C2)n[nH]c1C. The molecule has 1 aromatic rings. The quantitative estimate of drug-likeness (QED) is 0.832. The van der Waals surface area contributed by atoms with Gasteiger partial charge in [-0.25, -0.2) is 8.42 Å². The number of ether oxygens (including phenoxy) is 1. The standard InChI is InChI=1S/C13H24N4O3S/c1-5-14-6-12-11(4)15-16-13(12)21(18,19)17-7-9(2)20-10(3)8-17/h9-10,14H,5-8H2,1-4H3,(H,15,16)/t9-,10+. The van der Waals surface area contributed by atoms with Gasteiger partial charge in [0.2, 0.25) is 0 Å². The first-order valence-electron chi connectivity index (χ1n) is 7.26. The van der Waals surface area contributed by atoms with Crippen LogP contribution in [0.2, 0.25) is 0 Å². The molecule has 7 nitrogen and oxygen atoms in total. The maximum atomic E-state index is 12.8. The number of aromatic amines is 1. The number of aromatic nitrogens is 2. The molecule has 0 bridgehead atoms. The maximum Gasteiger partial charge on any atom is 0.262 e. The highest BCUT2D eigenvalue weighted by atomic mass is 32.2. The molecule has 0 saturated carbocycles. The third-order valence-electron chi connectivity index (χ3n) is 3.56. The maximum absolute atomic E-state index is 12.8. The molecule has 2 N–H and O–H groups in total. The second kappa shape index (κ2) is 6.43. The Morgan fingerprint density at radius 2 is 2.00 bits per heavy atom. The van der Waals surface area contributed by atoms with E-state index in [1.165, 1.54) is 4.31 Å². The molecule has 0 unspecified atom stereocenters. The predicted octanol–water partition coefficient (Wildman–Crippen LogP) is 0.626. The second-order valence-corrected chi connectivity index (χ2v) is 7.35. The van der Waals surface area contributed by atoms with Crippen molar-refractivity contribution in [1.82, 2.24) is 19.8 Å². The monoisotopic (exact) mass is 316 g/mol. The van der Waals surface area contributed by atoms with Gasteiger partial charge in [0.25, 0.3) is 10.0 Å². The molecule has 1 aliphatic rings. The molecule has 120 valence electrons. The Morgan fingerprint density at radius 1 is 1.38 bits per heavy atom. The fraction of sp³-hybridized carbons (Fsp3) is 0.769. The van der Waals surface area contributed by atoms with Gasteiger partial charge in [-0.3, -0.25) is 5.10 Å². The van der Waals surface area contributed by atoms with Crippen LogP contribution < -0.4 is 5.32 Å². The summed E-state index contributed by atoms with van der Waals surface area (Å²) in [5, 5.41) is 10.1. The highest BCUT2D eigenvalue weighted by Crippen LogP contribution is 2.23. The van der Waals surface area contributed by atoms with Crippen LogP contribution in [0.1, 0.15) is 32.0 Å². The van der Waals surface area contributed by atoms with E-state index < -0.39 is 10.0 Å². The molecule has 21 heavy (non-hydrogen) atoms. The van der Waals surface area contributed by atoms with E-state index in [0.717, 1.165) is 12.2 Å². The first-order valence-corrected chi connectivity index (χ1v) is 8.70. The zero-order chi connectivity index (χ0) is 15.6. The average Bonchev–Trinajstić information content (AvgIpc) is 2.77. The van der Waals surface area contributed by atoms with Gasteiger partial charge in [-0.05, 0) is 27.3 Å². The Kier molecular flexibility index (Phi) is 5.03. The first-order chi connectivity index (χ1) is 9.86. The third-order valence-corrected chi connectivity index (χ3v) is 5.36. The number of hydrogen-bond donors (Lipinski definition) is 2. The summed E-state index contributed by atoms with van der Waals surface area (Å²) in [6, 6.07) is 0. The van der Waals surface area contributed by atoms with Crippen LogP contribution in [0.5, 0.6) is 0 Å². The van der Waals surface area contributed by atoms with Crippen LogP contribution in [-0.4, -0.2) is 54.8 Å². The molecule has 0 aliphatic carbocycles. The minimum Gasteiger partial charge on any atom is -0.373 e. The zero-order valence-electron chi connectivity index (χ0n) is 13.0. The fourth-order valence-electron chi connectivity index (χ4n) is 2.55. The summed E-state index contributed by atoms with van der Waals surface area (Å²) in [5.74, 6) is 0. The molecule has 1 fully saturated rings. The summed E-state index contributed by atoms with van der Waals surface area (Å²) < 4.78 is 32.7. The predicted molar refractivity (Wildman–Crippen MR) is 79.5 cm³/mol. The average molecular weight is 316 g/mol. The van der Waals surface area contributed by atoms with Crippen LogP contribution >= 0.6 is 0 Å². The number of H-pyrrole nitrogens is 1. The lowest BCUT2D eigenvalue weighted by atomic mass is 10.2. The van der Waals surface area contributed by atoms with Crippen LogP contribution in [0.15, 0.2) is 5.03 Å². The van der Waals surface area contributed by atoms with Gasteiger partial charge in [-0.1, -0.05) is 6.92 Å². The molecule has 0 spiro atoms. The number of morpholine rings is 1. The van der Waals surface area contributed by atoms with E-state index in [2.05, 4.69) is 15.5 Å². The third kappa shape index (κ3) is 3.45. The summed E-state index contributed by atoms with van der Waals surface area (Å²) in [6.45, 7) is 9.57. The van der Waals surface area contributed by atoms with Crippen molar-refractivity contribution in [2.24, 2.45) is 0 Å². The summed E-state index contributed by atoms with van der Waals surface area (Å²) in [5.41, 5.74) is 1.49. The van der Waals surface area contributed by atoms with Gasteiger partial charge in [0, 0.05) is 30.9 Å². The van der Waals surface area contributed by atoms with Crippen LogP contribution in [-0.2, 0) is 21.3 Å². The van der Waals surface area contributed by atoms with Gasteiger partial charge in [-0.15, -0.1) is 0 Å². The lowest BCUT2D eigenvalue weighted by molar-refractivity contribution is -0.0441. The lowest BCUT2D eigenvalue weighted by Gasteiger charge is -2.34. The van der Waals surface area contributed by atoms with E-state index in [9.17, 15) is 8.42 Å². The summed E-state index contributed by atoms with van der Waals surface area (Å²) >= 11 is 0. The van der Waals surface area contributed by atoms with Gasteiger partial charge in [0.15, 0.2) is 5.03 Å². The molecular formula is C13H24N4O3S. The Labute approximate surface area is 126 Å². The Balaban J connectivity index is 2.31. The van der Waals surface area contributed by atoms with Crippen molar-refractivity contribution in [3.8, 4) is 0 Å². The van der Waals surface area contributed by atoms with Crippen molar-refractivity contribution in [2.45, 2.75) is 51.5 Å². The van der Waals surface area contributed by atoms with Gasteiger partial charge >= 0.3 is 0 Å². The number of nitrogens with zero attached hydrogens (tertiary/aromatic N) is 2. The zero-order valence-corrected chi connectivity index (χ0v) is 13.8. The number of nitrogens with one attached hydrogen (secondary N) is 2. The Morgan fingerprint density at radius 3 is 2.57 bits per heavy atom. The van der Waals surface area contributed by atoms with E-state index >= 15 is 0 Å². The molecule has 2 heterocycles. The molecule has 1 saturated heterocycles. The molecule has 0 aromatic carbocycles. The molecule has 2 rings (SSSR count). The number of aryl methyl sites for hydroxylation is 1. The van der Waals surface area contributed by atoms with Crippen molar-refractivity contribution >= 4 is 10.0 Å². The van der Waals surface area contributed by atoms with Crippen molar-refractivity contribution < 1.29 is 13.2 Å². The summed E-state index contributed by atoms with van der Waals surface area (Å²) in [7, 11) is -3.60. The highest BCUT2D eigenvalue weighted by Gasteiger charge is 2.35. The molecule has 0 amide bonds. The van der Waals surface area contributed by atoms with Gasteiger partial charge in [-0.2, -0.15) is 9.40 Å². The molecule has 1 aromatic heterocycles. The van der Waals surface area contributed by atoms with E-state index in [4.69, 9.17) is 4.74 Å². The van der Waals surface area contributed by atoms with Crippen LogP contribution in [0.3, 0.4) is 0 Å². The Hall–Kier alpha value is -0.960. The molecular weight excluding hydrogens is 292 g/mol.